The second kappa shape index (κ2) is 9.60. The van der Waals surface area contributed by atoms with Crippen LogP contribution in [0, 0.1) is 0 Å². The van der Waals surface area contributed by atoms with Gasteiger partial charge in [-0.25, -0.2) is 13.1 Å². The molecule has 3 N–H and O–H groups in total. The lowest BCUT2D eigenvalue weighted by atomic mass is 9.86. The maximum absolute atomic E-state index is 12.9. The minimum absolute atomic E-state index is 0.0617. The van der Waals surface area contributed by atoms with Gasteiger partial charge in [0, 0.05) is 12.5 Å². The number of rotatable bonds is 7. The van der Waals surface area contributed by atoms with Crippen LogP contribution in [0.3, 0.4) is 0 Å². The summed E-state index contributed by atoms with van der Waals surface area (Å²) in [6.45, 7) is 1.42. The molecule has 0 aromatic heterocycles. The third-order valence-electron chi connectivity index (χ3n) is 5.36. The van der Waals surface area contributed by atoms with Gasteiger partial charge in [0.2, 0.25) is 15.9 Å². The SMILES string of the molecule is C[C@@H](CC(=O)N[C@@H]1CCCc2cc(CO)ccc21)NS(=O)(=O)c1cccc(C(F)(F)F)c1. The molecule has 1 aliphatic rings. The molecule has 0 spiro atoms. The highest BCUT2D eigenvalue weighted by atomic mass is 32.2. The van der Waals surface area contributed by atoms with Gasteiger partial charge in [0.25, 0.3) is 0 Å². The van der Waals surface area contributed by atoms with Crippen molar-refractivity contribution in [1.82, 2.24) is 10.0 Å². The van der Waals surface area contributed by atoms with Gasteiger partial charge < -0.3 is 10.4 Å². The van der Waals surface area contributed by atoms with E-state index in [1.165, 1.54) is 6.92 Å². The Labute approximate surface area is 184 Å². The van der Waals surface area contributed by atoms with Crippen molar-refractivity contribution in [1.29, 1.82) is 0 Å². The predicted molar refractivity (Wildman–Crippen MR) is 112 cm³/mol. The van der Waals surface area contributed by atoms with Gasteiger partial charge in [0.1, 0.15) is 0 Å². The molecule has 0 fully saturated rings. The van der Waals surface area contributed by atoms with Crippen LogP contribution >= 0.6 is 0 Å². The Morgan fingerprint density at radius 3 is 2.66 bits per heavy atom. The molecule has 3 rings (SSSR count). The summed E-state index contributed by atoms with van der Waals surface area (Å²) in [6.07, 6.45) is -2.38. The van der Waals surface area contributed by atoms with Crippen molar-refractivity contribution < 1.29 is 31.5 Å². The van der Waals surface area contributed by atoms with Gasteiger partial charge in [-0.1, -0.05) is 24.3 Å². The Morgan fingerprint density at radius 2 is 1.97 bits per heavy atom. The minimum Gasteiger partial charge on any atom is -0.392 e. The monoisotopic (exact) mass is 470 g/mol. The van der Waals surface area contributed by atoms with Crippen LogP contribution in [0.1, 0.15) is 54.5 Å². The Kier molecular flexibility index (Phi) is 7.26. The first-order chi connectivity index (χ1) is 15.0. The summed E-state index contributed by atoms with van der Waals surface area (Å²) in [4.78, 5) is 12.0. The number of amides is 1. The summed E-state index contributed by atoms with van der Waals surface area (Å²) in [7, 11) is -4.23. The molecule has 0 saturated carbocycles. The summed E-state index contributed by atoms with van der Waals surface area (Å²) in [5.74, 6) is -0.367. The zero-order chi connectivity index (χ0) is 23.5. The zero-order valence-corrected chi connectivity index (χ0v) is 18.3. The number of hydrogen-bond donors (Lipinski definition) is 3. The molecule has 0 bridgehead atoms. The van der Waals surface area contributed by atoms with E-state index < -0.39 is 32.7 Å². The fourth-order valence-corrected chi connectivity index (χ4v) is 5.15. The van der Waals surface area contributed by atoms with E-state index in [4.69, 9.17) is 0 Å². The number of hydrogen-bond acceptors (Lipinski definition) is 4. The smallest absolute Gasteiger partial charge is 0.392 e. The molecule has 2 aromatic carbocycles. The van der Waals surface area contributed by atoms with Gasteiger partial charge in [0.15, 0.2) is 0 Å². The third-order valence-corrected chi connectivity index (χ3v) is 6.95. The maximum Gasteiger partial charge on any atom is 0.416 e. The maximum atomic E-state index is 12.9. The van der Waals surface area contributed by atoms with E-state index in [-0.39, 0.29) is 25.0 Å². The van der Waals surface area contributed by atoms with Crippen LogP contribution in [0.5, 0.6) is 0 Å². The molecule has 1 aliphatic carbocycles. The Bertz CT molecular complexity index is 1090. The zero-order valence-electron chi connectivity index (χ0n) is 17.4. The molecule has 1 amide bonds. The average Bonchev–Trinajstić information content (AvgIpc) is 2.72. The van der Waals surface area contributed by atoms with Gasteiger partial charge in [-0.15, -0.1) is 0 Å². The van der Waals surface area contributed by atoms with Crippen LogP contribution in [0.25, 0.3) is 0 Å². The lowest BCUT2D eigenvalue weighted by molar-refractivity contribution is -0.137. The molecule has 0 unspecified atom stereocenters. The minimum atomic E-state index is -4.66. The van der Waals surface area contributed by atoms with Gasteiger partial charge in [-0.05, 0) is 61.1 Å². The first-order valence-electron chi connectivity index (χ1n) is 10.2. The second-order valence-electron chi connectivity index (χ2n) is 7.96. The number of aliphatic hydroxyl groups excluding tert-OH is 1. The van der Waals surface area contributed by atoms with Crippen molar-refractivity contribution in [3.63, 3.8) is 0 Å². The van der Waals surface area contributed by atoms with Crippen molar-refractivity contribution in [3.8, 4) is 0 Å². The fraction of sp³-hybridized carbons (Fsp3) is 0.409. The Morgan fingerprint density at radius 1 is 1.22 bits per heavy atom. The molecule has 2 atom stereocenters. The number of carbonyl (C=O) groups is 1. The van der Waals surface area contributed by atoms with E-state index in [0.29, 0.717) is 6.07 Å². The molecule has 0 saturated heterocycles. The Hall–Kier alpha value is -2.43. The van der Waals surface area contributed by atoms with Crippen LogP contribution in [-0.4, -0.2) is 25.5 Å². The molecule has 10 heteroatoms. The van der Waals surface area contributed by atoms with Gasteiger partial charge in [0.05, 0.1) is 23.1 Å². The van der Waals surface area contributed by atoms with Crippen LogP contribution < -0.4 is 10.0 Å². The number of benzene rings is 2. The van der Waals surface area contributed by atoms with Gasteiger partial charge >= 0.3 is 6.18 Å². The van der Waals surface area contributed by atoms with E-state index in [1.54, 1.807) is 6.07 Å². The number of nitrogens with one attached hydrogen (secondary N) is 2. The van der Waals surface area contributed by atoms with Crippen molar-refractivity contribution in [2.24, 2.45) is 0 Å². The van der Waals surface area contributed by atoms with Crippen LogP contribution in [-0.2, 0) is 34.0 Å². The van der Waals surface area contributed by atoms with Crippen molar-refractivity contribution >= 4 is 15.9 Å². The largest absolute Gasteiger partial charge is 0.416 e. The average molecular weight is 471 g/mol. The highest BCUT2D eigenvalue weighted by Crippen LogP contribution is 2.31. The normalized spacial score (nSPS) is 17.5. The van der Waals surface area contributed by atoms with E-state index in [2.05, 4.69) is 10.0 Å². The third kappa shape index (κ3) is 5.87. The number of sulfonamides is 1. The van der Waals surface area contributed by atoms with E-state index in [1.807, 2.05) is 12.1 Å². The topological polar surface area (TPSA) is 95.5 Å². The number of halogens is 3. The number of aliphatic hydroxyl groups is 1. The highest BCUT2D eigenvalue weighted by Gasteiger charge is 2.32. The van der Waals surface area contributed by atoms with E-state index in [0.717, 1.165) is 54.2 Å². The number of carbonyl (C=O) groups excluding carboxylic acids is 1. The molecule has 6 nitrogen and oxygen atoms in total. The molecule has 0 aliphatic heterocycles. The summed E-state index contributed by atoms with van der Waals surface area (Å²) >= 11 is 0. The van der Waals surface area contributed by atoms with E-state index in [9.17, 15) is 31.5 Å². The van der Waals surface area contributed by atoms with Crippen molar-refractivity contribution in [3.05, 3.63) is 64.7 Å². The Balaban J connectivity index is 1.63. The quantitative estimate of drug-likeness (QED) is 0.578. The molecule has 2 aromatic rings. The molecule has 174 valence electrons. The number of alkyl halides is 3. The lowest BCUT2D eigenvalue weighted by Gasteiger charge is -2.27. The molecular weight excluding hydrogens is 445 g/mol. The molecular formula is C22H25F3N2O4S. The van der Waals surface area contributed by atoms with Gasteiger partial charge in [-0.2, -0.15) is 13.2 Å². The molecule has 0 heterocycles. The number of fused-ring (bicyclic) bond motifs is 1. The summed E-state index contributed by atoms with van der Waals surface area (Å²) in [5, 5.41) is 12.2. The lowest BCUT2D eigenvalue weighted by Crippen LogP contribution is -2.39. The van der Waals surface area contributed by atoms with Crippen molar-refractivity contribution in [2.45, 2.75) is 62.4 Å². The predicted octanol–water partition coefficient (Wildman–Crippen LogP) is 3.45. The highest BCUT2D eigenvalue weighted by molar-refractivity contribution is 7.89. The molecule has 0 radical (unpaired) electrons. The molecule has 32 heavy (non-hydrogen) atoms. The van der Waals surface area contributed by atoms with Gasteiger partial charge in [-0.3, -0.25) is 4.79 Å². The second-order valence-corrected chi connectivity index (χ2v) is 9.67. The van der Waals surface area contributed by atoms with Crippen molar-refractivity contribution in [2.75, 3.05) is 0 Å². The first-order valence-corrected chi connectivity index (χ1v) is 11.7. The van der Waals surface area contributed by atoms with Crippen LogP contribution in [0.4, 0.5) is 13.2 Å². The first kappa shape index (κ1) is 24.2. The summed E-state index contributed by atoms with van der Waals surface area (Å²) < 4.78 is 65.9. The summed E-state index contributed by atoms with van der Waals surface area (Å²) in [5.41, 5.74) is 1.77. The number of aryl methyl sites for hydroxylation is 1. The van der Waals surface area contributed by atoms with Crippen LogP contribution in [0.2, 0.25) is 0 Å². The standard InChI is InChI=1S/C22H25F3N2O4S/c1-14(27-32(30,31)18-6-3-5-17(12-18)22(23,24)25)10-21(29)26-20-7-2-4-16-11-15(13-28)8-9-19(16)20/h3,5-6,8-9,11-12,14,20,27-28H,2,4,7,10,13H2,1H3,(H,26,29)/t14-,20+/m0/s1. The van der Waals surface area contributed by atoms with E-state index >= 15 is 0 Å². The fourth-order valence-electron chi connectivity index (χ4n) is 3.86. The van der Waals surface area contributed by atoms with Crippen LogP contribution in [0.15, 0.2) is 47.4 Å². The summed E-state index contributed by atoms with van der Waals surface area (Å²) in [6, 6.07) is 8.01.